The summed E-state index contributed by atoms with van der Waals surface area (Å²) in [4.78, 5) is 22.0. The molecule has 35 heteroatoms. The second-order valence-electron chi connectivity index (χ2n) is 17.0. The molecule has 32 nitrogen and oxygen atoms in total. The number of benzene rings is 6. The Bertz CT molecular complexity index is 3470. The van der Waals surface area contributed by atoms with Crippen molar-refractivity contribution in [1.82, 2.24) is 21.3 Å². The number of anilines is 2. The number of amides is 2. The summed E-state index contributed by atoms with van der Waals surface area (Å²) in [5.74, 6) is -2.60. The standard InChI is InChI=1S/C35H26N6O14S3.4C4H11NO2/c1-17-12-24(56(47,48)49)8-11-27(17)39-41-31-29(58(53,54)55)16-20-14-23(7-10-26(20)33(31)43)37-35(46)36-22-6-9-25-19(13-22)15-28(57(50,51)52)30(32(25)42)40-38-21-4-2-18(3-5-21)34(44)45;4*6-3-1-5-2-4-7/h2-16,42-43H,1H3,(H,44,45)(H2,36,37,46)(H,47,48,49)(H,50,51,52)(H,53,54,55);4*5-7H,1-4H2. The van der Waals surface area contributed by atoms with Gasteiger partial charge in [0.2, 0.25) is 0 Å². The number of rotatable bonds is 26. The monoisotopic (exact) mass is 1270 g/mol. The molecular weight excluding hydrogens is 1200 g/mol. The third kappa shape index (κ3) is 26.1. The number of aliphatic hydroxyl groups excluding tert-OH is 8. The number of aryl methyl sites for hydroxylation is 1. The molecular formula is C51H70N10O22S3. The first-order valence-electron chi connectivity index (χ1n) is 25.3. The Balaban J connectivity index is 0.000000741. The largest absolute Gasteiger partial charge is 0.505 e. The number of nitrogens with zero attached hydrogens (tertiary/aromatic N) is 4. The van der Waals surface area contributed by atoms with Crippen molar-refractivity contribution in [2.75, 3.05) is 116 Å². The van der Waals surface area contributed by atoms with Gasteiger partial charge in [0, 0.05) is 74.5 Å². The van der Waals surface area contributed by atoms with E-state index in [0.29, 0.717) is 52.4 Å². The Hall–Kier alpha value is -7.37. The molecule has 0 aliphatic heterocycles. The molecule has 6 aromatic carbocycles. The number of carboxylic acids is 1. The van der Waals surface area contributed by atoms with Crippen molar-refractivity contribution in [2.24, 2.45) is 20.5 Å². The minimum Gasteiger partial charge on any atom is -0.505 e. The van der Waals surface area contributed by atoms with Crippen LogP contribution in [0.2, 0.25) is 0 Å². The van der Waals surface area contributed by atoms with Gasteiger partial charge in [0.15, 0.2) is 11.5 Å². The van der Waals surface area contributed by atoms with Gasteiger partial charge >= 0.3 is 12.0 Å². The maximum absolute atomic E-state index is 13.0. The minimum atomic E-state index is -5.05. The highest BCUT2D eigenvalue weighted by molar-refractivity contribution is 7.86. The van der Waals surface area contributed by atoms with Gasteiger partial charge in [-0.2, -0.15) is 35.5 Å². The molecule has 474 valence electrons. The lowest BCUT2D eigenvalue weighted by Crippen LogP contribution is -2.21. The molecule has 6 rings (SSSR count). The predicted octanol–water partition coefficient (Wildman–Crippen LogP) is 1.87. The van der Waals surface area contributed by atoms with Crippen LogP contribution >= 0.6 is 0 Å². The van der Waals surface area contributed by atoms with Gasteiger partial charge in [0.25, 0.3) is 30.4 Å². The molecule has 0 aliphatic carbocycles. The fraction of sp³-hybridized carbons (Fsp3) is 0.333. The van der Waals surface area contributed by atoms with E-state index in [0.717, 1.165) is 24.3 Å². The molecule has 0 fully saturated rings. The number of hydrogen-bond donors (Lipinski definition) is 20. The van der Waals surface area contributed by atoms with Gasteiger partial charge in [-0.15, -0.1) is 10.2 Å². The number of phenols is 2. The number of azo groups is 2. The molecule has 0 atom stereocenters. The zero-order valence-corrected chi connectivity index (χ0v) is 48.5. The normalized spacial score (nSPS) is 11.4. The second-order valence-corrected chi connectivity index (χ2v) is 21.2. The van der Waals surface area contributed by atoms with Crippen molar-refractivity contribution in [3.05, 3.63) is 102 Å². The number of fused-ring (bicyclic) bond motifs is 2. The Morgan fingerprint density at radius 3 is 1.12 bits per heavy atom. The van der Waals surface area contributed by atoms with Crippen LogP contribution in [0, 0.1) is 6.92 Å². The zero-order chi connectivity index (χ0) is 64.5. The summed E-state index contributed by atoms with van der Waals surface area (Å²) in [7, 11) is -14.6. The number of urea groups is 1. The highest BCUT2D eigenvalue weighted by Gasteiger charge is 2.24. The summed E-state index contributed by atoms with van der Waals surface area (Å²) in [6.07, 6.45) is 0. The number of phenolic OH excluding ortho intramolecular Hbond substituents is 2. The summed E-state index contributed by atoms with van der Waals surface area (Å²) in [6, 6.07) is 17.2. The number of hydrogen-bond acceptors (Lipinski definition) is 26. The molecule has 0 heterocycles. The van der Waals surface area contributed by atoms with Crippen LogP contribution in [0.25, 0.3) is 21.5 Å². The van der Waals surface area contributed by atoms with Crippen LogP contribution in [0.15, 0.2) is 126 Å². The smallest absolute Gasteiger partial charge is 0.335 e. The van der Waals surface area contributed by atoms with Crippen LogP contribution in [0.5, 0.6) is 11.5 Å². The number of aromatic carboxylic acids is 1. The summed E-state index contributed by atoms with van der Waals surface area (Å²) in [5.41, 5.74) is -0.832. The first-order chi connectivity index (χ1) is 40.8. The predicted molar refractivity (Wildman–Crippen MR) is 314 cm³/mol. The number of carbonyl (C=O) groups excluding carboxylic acids is 1. The van der Waals surface area contributed by atoms with E-state index in [4.69, 9.17) is 46.0 Å². The molecule has 2 amide bonds. The average molecular weight is 1270 g/mol. The molecule has 0 bridgehead atoms. The fourth-order valence-corrected chi connectivity index (χ4v) is 8.54. The Labute approximate surface area is 493 Å². The van der Waals surface area contributed by atoms with Crippen molar-refractivity contribution >= 4 is 98.0 Å². The van der Waals surface area contributed by atoms with Crippen LogP contribution in [-0.4, -0.2) is 212 Å². The second kappa shape index (κ2) is 38.6. The number of aromatic hydroxyl groups is 2. The van der Waals surface area contributed by atoms with Gasteiger partial charge in [-0.25, -0.2) is 9.59 Å². The minimum absolute atomic E-state index is 0.0136. The van der Waals surface area contributed by atoms with Crippen molar-refractivity contribution < 1.29 is 105 Å². The Kier molecular flexibility index (Phi) is 33.6. The van der Waals surface area contributed by atoms with Crippen LogP contribution in [-0.2, 0) is 30.4 Å². The number of carbonyl (C=O) groups is 2. The van der Waals surface area contributed by atoms with Gasteiger partial charge in [0.1, 0.15) is 21.2 Å². The molecule has 86 heavy (non-hydrogen) atoms. The van der Waals surface area contributed by atoms with E-state index in [2.05, 4.69) is 52.4 Å². The average Bonchev–Trinajstić information content (AvgIpc) is 1.48. The zero-order valence-electron chi connectivity index (χ0n) is 46.0. The van der Waals surface area contributed by atoms with Crippen LogP contribution in [0.1, 0.15) is 15.9 Å². The van der Waals surface area contributed by atoms with Crippen molar-refractivity contribution in [1.29, 1.82) is 0 Å². The highest BCUT2D eigenvalue weighted by Crippen LogP contribution is 2.44. The third-order valence-corrected chi connectivity index (χ3v) is 13.2. The maximum atomic E-state index is 13.0. The molecule has 0 spiro atoms. The van der Waals surface area contributed by atoms with Gasteiger partial charge in [-0.05, 0) is 114 Å². The van der Waals surface area contributed by atoms with Crippen LogP contribution < -0.4 is 31.9 Å². The highest BCUT2D eigenvalue weighted by atomic mass is 32.2. The van der Waals surface area contributed by atoms with Crippen molar-refractivity contribution in [2.45, 2.75) is 21.6 Å². The molecule has 0 saturated heterocycles. The number of nitrogens with one attached hydrogen (secondary N) is 6. The lowest BCUT2D eigenvalue weighted by atomic mass is 10.1. The molecule has 0 radical (unpaired) electrons. The van der Waals surface area contributed by atoms with E-state index in [1.807, 2.05) is 0 Å². The molecule has 0 unspecified atom stereocenters. The number of carboxylic acid groups (broad SMARTS) is 1. The van der Waals surface area contributed by atoms with Gasteiger partial charge < -0.3 is 88.1 Å². The lowest BCUT2D eigenvalue weighted by Gasteiger charge is -2.13. The first-order valence-corrected chi connectivity index (χ1v) is 29.7. The Morgan fingerprint density at radius 2 is 0.802 bits per heavy atom. The first kappa shape index (κ1) is 74.7. The molecule has 0 saturated carbocycles. The summed E-state index contributed by atoms with van der Waals surface area (Å²) < 4.78 is 101. The maximum Gasteiger partial charge on any atom is 0.335 e. The lowest BCUT2D eigenvalue weighted by molar-refractivity contribution is 0.0696. The fourth-order valence-electron chi connectivity index (χ4n) is 6.65. The van der Waals surface area contributed by atoms with E-state index in [-0.39, 0.29) is 108 Å². The van der Waals surface area contributed by atoms with E-state index in [1.165, 1.54) is 73.7 Å². The number of aliphatic hydroxyl groups is 8. The van der Waals surface area contributed by atoms with Crippen molar-refractivity contribution in [3.8, 4) is 11.5 Å². The quantitative estimate of drug-likeness (QED) is 0.0209. The summed E-state index contributed by atoms with van der Waals surface area (Å²) in [5, 5.41) is 128. The van der Waals surface area contributed by atoms with Gasteiger partial charge in [0.05, 0.1) is 74.7 Å². The van der Waals surface area contributed by atoms with E-state index >= 15 is 0 Å². The van der Waals surface area contributed by atoms with Gasteiger partial charge in [-0.3, -0.25) is 13.7 Å². The van der Waals surface area contributed by atoms with Crippen LogP contribution in [0.4, 0.5) is 38.9 Å². The van der Waals surface area contributed by atoms with Gasteiger partial charge in [-0.1, -0.05) is 0 Å². The van der Waals surface area contributed by atoms with Crippen LogP contribution in [0.3, 0.4) is 0 Å². The third-order valence-electron chi connectivity index (χ3n) is 10.6. The van der Waals surface area contributed by atoms with E-state index in [9.17, 15) is 58.7 Å². The topological polar surface area (TPSA) is 541 Å². The Morgan fingerprint density at radius 1 is 0.442 bits per heavy atom. The molecule has 0 aliphatic rings. The summed E-state index contributed by atoms with van der Waals surface area (Å²) in [6.45, 7) is 7.10. The molecule has 0 aromatic heterocycles. The summed E-state index contributed by atoms with van der Waals surface area (Å²) >= 11 is 0. The molecule has 6 aromatic rings. The molecule has 20 N–H and O–H groups in total. The van der Waals surface area contributed by atoms with Crippen molar-refractivity contribution in [3.63, 3.8) is 0 Å². The van der Waals surface area contributed by atoms with E-state index < -0.39 is 79.9 Å². The van der Waals surface area contributed by atoms with E-state index in [1.54, 1.807) is 0 Å². The SMILES string of the molecule is Cc1cc(S(=O)(=O)O)ccc1N=Nc1c(S(=O)(=O)O)cc2cc(NC(=O)Nc3ccc4c(O)c(N=Nc5ccc(C(=O)O)cc5)c(S(=O)(=O)O)cc4c3)ccc2c1O.OCCNCCO.OCCNCCO.OCCNCCO.OCCNCCO.